The molecule has 1 rings (SSSR count). The van der Waals surface area contributed by atoms with E-state index in [0.717, 1.165) is 6.42 Å². The van der Waals surface area contributed by atoms with Crippen molar-refractivity contribution in [1.29, 1.82) is 0 Å². The molecule has 0 bridgehead atoms. The van der Waals surface area contributed by atoms with Crippen molar-refractivity contribution in [3.63, 3.8) is 0 Å². The summed E-state index contributed by atoms with van der Waals surface area (Å²) in [5.74, 6) is 0. The fraction of sp³-hybridized carbons (Fsp3) is 0.556. The molecule has 0 aliphatic heterocycles. The van der Waals surface area contributed by atoms with E-state index in [1.165, 1.54) is 0 Å². The Kier molecular flexibility index (Phi) is 2.85. The first kappa shape index (κ1) is 8.50. The quantitative estimate of drug-likeness (QED) is 0.592. The van der Waals surface area contributed by atoms with Gasteiger partial charge >= 0.3 is 0 Å². The van der Waals surface area contributed by atoms with Crippen molar-refractivity contribution in [3.05, 3.63) is 24.3 Å². The topological polar surface area (TPSA) is 40.5 Å². The highest BCUT2D eigenvalue weighted by atomic mass is 16.3. The van der Waals surface area contributed by atoms with Crippen LogP contribution >= 0.6 is 0 Å². The van der Waals surface area contributed by atoms with Crippen molar-refractivity contribution < 1.29 is 10.2 Å². The van der Waals surface area contributed by atoms with E-state index in [1.54, 1.807) is 0 Å². The number of aliphatic hydroxyl groups excluding tert-OH is 2. The van der Waals surface area contributed by atoms with Crippen LogP contribution < -0.4 is 0 Å². The van der Waals surface area contributed by atoms with Crippen molar-refractivity contribution in [2.24, 2.45) is 5.41 Å². The predicted molar refractivity (Wildman–Crippen MR) is 44.1 cm³/mol. The van der Waals surface area contributed by atoms with Crippen molar-refractivity contribution >= 4 is 0 Å². The number of rotatable bonds is 3. The van der Waals surface area contributed by atoms with Gasteiger partial charge in [0.1, 0.15) is 0 Å². The first-order valence-corrected chi connectivity index (χ1v) is 3.90. The van der Waals surface area contributed by atoms with E-state index in [-0.39, 0.29) is 18.6 Å². The molecule has 2 heteroatoms. The van der Waals surface area contributed by atoms with Crippen LogP contribution in [-0.4, -0.2) is 23.4 Å². The molecule has 0 saturated heterocycles. The van der Waals surface area contributed by atoms with Crippen LogP contribution in [0.4, 0.5) is 0 Å². The molecule has 0 atom stereocenters. The van der Waals surface area contributed by atoms with Gasteiger partial charge in [-0.25, -0.2) is 0 Å². The highest BCUT2D eigenvalue weighted by Crippen LogP contribution is 2.28. The van der Waals surface area contributed by atoms with E-state index in [9.17, 15) is 0 Å². The molecule has 0 aromatic rings. The van der Waals surface area contributed by atoms with Gasteiger partial charge in [0, 0.05) is 12.0 Å². The fourth-order valence-electron chi connectivity index (χ4n) is 1.30. The molecule has 0 saturated carbocycles. The Morgan fingerprint density at radius 1 is 1.18 bits per heavy atom. The lowest BCUT2D eigenvalue weighted by Gasteiger charge is -2.25. The molecule has 0 aromatic heterocycles. The minimum Gasteiger partial charge on any atom is -0.396 e. The van der Waals surface area contributed by atoms with Crippen molar-refractivity contribution in [3.8, 4) is 0 Å². The monoisotopic (exact) mass is 154 g/mol. The van der Waals surface area contributed by atoms with Crippen LogP contribution in [0.5, 0.6) is 0 Å². The van der Waals surface area contributed by atoms with Gasteiger partial charge in [0.25, 0.3) is 0 Å². The maximum atomic E-state index is 9.06. The molecule has 2 N–H and O–H groups in total. The van der Waals surface area contributed by atoms with Crippen LogP contribution in [0.1, 0.15) is 12.8 Å². The molecule has 0 spiro atoms. The summed E-state index contributed by atoms with van der Waals surface area (Å²) >= 11 is 0. The summed E-state index contributed by atoms with van der Waals surface area (Å²) in [5, 5.41) is 17.8. The van der Waals surface area contributed by atoms with E-state index in [2.05, 4.69) is 0 Å². The Balaban J connectivity index is 2.65. The molecule has 1 aliphatic carbocycles. The summed E-state index contributed by atoms with van der Waals surface area (Å²) in [5.41, 5.74) is -0.285. The minimum atomic E-state index is -0.285. The Bertz CT molecular complexity index is 158. The van der Waals surface area contributed by atoms with Crippen LogP contribution in [0.15, 0.2) is 24.3 Å². The number of allylic oxidation sites excluding steroid dienone is 2. The lowest BCUT2D eigenvalue weighted by molar-refractivity contribution is 0.163. The summed E-state index contributed by atoms with van der Waals surface area (Å²) in [4.78, 5) is 0. The minimum absolute atomic E-state index is 0.0839. The summed E-state index contributed by atoms with van der Waals surface area (Å²) < 4.78 is 0. The summed E-state index contributed by atoms with van der Waals surface area (Å²) in [6.07, 6.45) is 9.54. The van der Waals surface area contributed by atoms with Crippen LogP contribution in [0, 0.1) is 5.41 Å². The molecule has 0 heterocycles. The highest BCUT2D eigenvalue weighted by molar-refractivity contribution is 5.17. The second-order valence-corrected chi connectivity index (χ2v) is 2.91. The molecule has 2 nitrogen and oxygen atoms in total. The van der Waals surface area contributed by atoms with E-state index in [0.29, 0.717) is 6.42 Å². The standard InChI is InChI=1S/C9H14O2/c10-7-6-9(8-11)4-2-1-3-5-9/h2-5,10-11H,1,6-8H2. The largest absolute Gasteiger partial charge is 0.396 e. The molecular weight excluding hydrogens is 140 g/mol. The van der Waals surface area contributed by atoms with Crippen molar-refractivity contribution in [2.75, 3.05) is 13.2 Å². The molecule has 62 valence electrons. The van der Waals surface area contributed by atoms with Gasteiger partial charge < -0.3 is 10.2 Å². The molecule has 0 radical (unpaired) electrons. The van der Waals surface area contributed by atoms with E-state index in [4.69, 9.17) is 10.2 Å². The predicted octanol–water partition coefficient (Wildman–Crippen LogP) is 0.864. The first-order chi connectivity index (χ1) is 5.33. The average Bonchev–Trinajstić information content (AvgIpc) is 2.07. The Hall–Kier alpha value is -0.600. The Morgan fingerprint density at radius 3 is 2.27 bits per heavy atom. The molecule has 0 amide bonds. The van der Waals surface area contributed by atoms with Gasteiger partial charge in [-0.05, 0) is 12.8 Å². The maximum absolute atomic E-state index is 9.06. The smallest absolute Gasteiger partial charge is 0.0557 e. The van der Waals surface area contributed by atoms with Gasteiger partial charge in [0.2, 0.25) is 0 Å². The third-order valence-corrected chi connectivity index (χ3v) is 2.04. The van der Waals surface area contributed by atoms with Crippen LogP contribution in [-0.2, 0) is 0 Å². The Labute approximate surface area is 66.9 Å². The van der Waals surface area contributed by atoms with Crippen LogP contribution in [0.3, 0.4) is 0 Å². The van der Waals surface area contributed by atoms with E-state index < -0.39 is 0 Å². The molecule has 11 heavy (non-hydrogen) atoms. The highest BCUT2D eigenvalue weighted by Gasteiger charge is 2.22. The zero-order chi connectivity index (χ0) is 8.16. The Morgan fingerprint density at radius 2 is 1.82 bits per heavy atom. The lowest BCUT2D eigenvalue weighted by Crippen LogP contribution is -2.22. The zero-order valence-corrected chi connectivity index (χ0v) is 6.53. The van der Waals surface area contributed by atoms with Crippen molar-refractivity contribution in [1.82, 2.24) is 0 Å². The average molecular weight is 154 g/mol. The summed E-state index contributed by atoms with van der Waals surface area (Å²) in [6.45, 7) is 0.204. The number of hydrogen-bond acceptors (Lipinski definition) is 2. The molecule has 0 aromatic carbocycles. The summed E-state index contributed by atoms with van der Waals surface area (Å²) in [6, 6.07) is 0. The first-order valence-electron chi connectivity index (χ1n) is 3.90. The van der Waals surface area contributed by atoms with E-state index in [1.807, 2.05) is 24.3 Å². The van der Waals surface area contributed by atoms with Gasteiger partial charge in [-0.15, -0.1) is 0 Å². The normalized spacial score (nSPS) is 20.5. The molecule has 0 unspecified atom stereocenters. The van der Waals surface area contributed by atoms with E-state index >= 15 is 0 Å². The lowest BCUT2D eigenvalue weighted by atomic mass is 9.82. The fourth-order valence-corrected chi connectivity index (χ4v) is 1.30. The second-order valence-electron chi connectivity index (χ2n) is 2.91. The number of aliphatic hydroxyl groups is 2. The molecular formula is C9H14O2. The van der Waals surface area contributed by atoms with Crippen LogP contribution in [0.2, 0.25) is 0 Å². The molecule has 0 fully saturated rings. The summed E-state index contributed by atoms with van der Waals surface area (Å²) in [7, 11) is 0. The third kappa shape index (κ3) is 1.91. The maximum Gasteiger partial charge on any atom is 0.0557 e. The van der Waals surface area contributed by atoms with Gasteiger partial charge in [0.15, 0.2) is 0 Å². The third-order valence-electron chi connectivity index (χ3n) is 2.04. The van der Waals surface area contributed by atoms with Crippen molar-refractivity contribution in [2.45, 2.75) is 12.8 Å². The van der Waals surface area contributed by atoms with Gasteiger partial charge in [-0.1, -0.05) is 24.3 Å². The number of hydrogen-bond donors (Lipinski definition) is 2. The zero-order valence-electron chi connectivity index (χ0n) is 6.53. The second kappa shape index (κ2) is 3.69. The van der Waals surface area contributed by atoms with Gasteiger partial charge in [0.05, 0.1) is 6.61 Å². The van der Waals surface area contributed by atoms with Gasteiger partial charge in [-0.3, -0.25) is 0 Å². The van der Waals surface area contributed by atoms with Crippen LogP contribution in [0.25, 0.3) is 0 Å². The SMILES string of the molecule is OCCC1(CO)C=CCC=C1. The van der Waals surface area contributed by atoms with Gasteiger partial charge in [-0.2, -0.15) is 0 Å². The molecule has 1 aliphatic rings.